The molecule has 0 amide bonds. The Kier molecular flexibility index (Phi) is 9.59. The van der Waals surface area contributed by atoms with Crippen LogP contribution in [0.1, 0.15) is 34.6 Å². The quantitative estimate of drug-likeness (QED) is 0.724. The van der Waals surface area contributed by atoms with Gasteiger partial charge in [0.2, 0.25) is 0 Å². The van der Waals surface area contributed by atoms with E-state index in [0.717, 1.165) is 0 Å². The highest BCUT2D eigenvalue weighted by atomic mass is 16.5. The molecule has 0 aliphatic carbocycles. The molecule has 1 atom stereocenters. The van der Waals surface area contributed by atoms with Gasteiger partial charge < -0.3 is 24.8 Å². The zero-order valence-electron chi connectivity index (χ0n) is 13.5. The Morgan fingerprint density at radius 3 is 1.50 bits per heavy atom. The van der Waals surface area contributed by atoms with Crippen LogP contribution in [0.5, 0.6) is 0 Å². The van der Waals surface area contributed by atoms with Crippen LogP contribution in [-0.2, 0) is 9.47 Å². The zero-order valence-corrected chi connectivity index (χ0v) is 13.5. The fourth-order valence-electron chi connectivity index (χ4n) is 1.08. The van der Waals surface area contributed by atoms with Crippen LogP contribution in [0.25, 0.3) is 0 Å². The van der Waals surface area contributed by atoms with Crippen LogP contribution in [0.2, 0.25) is 0 Å². The van der Waals surface area contributed by atoms with Gasteiger partial charge in [0, 0.05) is 6.61 Å². The molecule has 2 fully saturated rings. The van der Waals surface area contributed by atoms with Crippen molar-refractivity contribution >= 4 is 0 Å². The lowest BCUT2D eigenvalue weighted by Crippen LogP contribution is -2.53. The van der Waals surface area contributed by atoms with E-state index in [1.807, 2.05) is 20.8 Å². The minimum absolute atomic E-state index is 0.157. The Hall–Kier alpha value is -0.200. The van der Waals surface area contributed by atoms with E-state index in [1.54, 1.807) is 0 Å². The maximum atomic E-state index is 9.36. The molecule has 2 heterocycles. The Bertz CT molecular complexity index is 234. The summed E-state index contributed by atoms with van der Waals surface area (Å²) in [5, 5.41) is 26.2. The summed E-state index contributed by atoms with van der Waals surface area (Å²) in [6, 6.07) is 0. The van der Waals surface area contributed by atoms with Crippen LogP contribution in [0.15, 0.2) is 0 Å². The monoisotopic (exact) mass is 292 g/mol. The smallest absolute Gasteiger partial charge is 0.113 e. The Morgan fingerprint density at radius 2 is 1.50 bits per heavy atom. The second-order valence-electron chi connectivity index (χ2n) is 6.35. The average molecular weight is 292 g/mol. The Balaban J connectivity index is 0.000000278. The molecule has 3 N–H and O–H groups in total. The standard InChI is InChI=1S/C6H12O2.C6H14O.C3H6O2/c1-5(2)6(7)3-8-4-6;1-5(2)6(3)4-7;4-3-1-5-2-3/h5,7H,3-4H2,1-2H3;5-7H,4H2,1-3H3;3-4H,1-2H2. The maximum absolute atomic E-state index is 9.36. The molecule has 1 unspecified atom stereocenters. The summed E-state index contributed by atoms with van der Waals surface area (Å²) < 4.78 is 9.43. The van der Waals surface area contributed by atoms with Crippen LogP contribution in [0, 0.1) is 17.8 Å². The van der Waals surface area contributed by atoms with E-state index in [-0.39, 0.29) is 6.10 Å². The van der Waals surface area contributed by atoms with E-state index >= 15 is 0 Å². The molecular weight excluding hydrogens is 260 g/mol. The predicted molar refractivity (Wildman–Crippen MR) is 78.5 cm³/mol. The summed E-state index contributed by atoms with van der Waals surface area (Å²) in [4.78, 5) is 0. The van der Waals surface area contributed by atoms with E-state index in [2.05, 4.69) is 18.6 Å². The maximum Gasteiger partial charge on any atom is 0.113 e. The number of rotatable bonds is 3. The van der Waals surface area contributed by atoms with Crippen LogP contribution < -0.4 is 0 Å². The molecule has 0 aromatic rings. The second-order valence-corrected chi connectivity index (χ2v) is 6.35. The molecule has 5 nitrogen and oxygen atoms in total. The molecule has 2 rings (SSSR count). The first-order valence-electron chi connectivity index (χ1n) is 7.39. The third-order valence-corrected chi connectivity index (χ3v) is 3.83. The van der Waals surface area contributed by atoms with E-state index in [4.69, 9.17) is 14.9 Å². The van der Waals surface area contributed by atoms with Crippen molar-refractivity contribution < 1.29 is 24.8 Å². The highest BCUT2D eigenvalue weighted by Crippen LogP contribution is 2.24. The summed E-state index contributed by atoms with van der Waals surface area (Å²) in [6.45, 7) is 12.7. The number of hydrogen-bond acceptors (Lipinski definition) is 5. The highest BCUT2D eigenvalue weighted by molar-refractivity contribution is 4.87. The van der Waals surface area contributed by atoms with Crippen LogP contribution in [-0.4, -0.2) is 60.1 Å². The molecule has 5 heteroatoms. The number of ether oxygens (including phenoxy) is 2. The molecule has 2 aliphatic heterocycles. The Morgan fingerprint density at radius 1 is 1.05 bits per heavy atom. The van der Waals surface area contributed by atoms with Gasteiger partial charge in [-0.25, -0.2) is 0 Å². The summed E-state index contributed by atoms with van der Waals surface area (Å²) >= 11 is 0. The van der Waals surface area contributed by atoms with Gasteiger partial charge in [0.1, 0.15) is 11.7 Å². The van der Waals surface area contributed by atoms with E-state index in [0.29, 0.717) is 50.8 Å². The van der Waals surface area contributed by atoms with Crippen LogP contribution in [0.4, 0.5) is 0 Å². The molecule has 0 radical (unpaired) electrons. The van der Waals surface area contributed by atoms with Gasteiger partial charge in [-0.2, -0.15) is 0 Å². The zero-order chi connectivity index (χ0) is 15.8. The SMILES string of the molecule is CC(C)C(C)CO.CC(C)C1(O)COC1.OC1COC1. The molecule has 0 spiro atoms. The summed E-state index contributed by atoms with van der Waals surface area (Å²) in [5.74, 6) is 1.40. The van der Waals surface area contributed by atoms with Crippen molar-refractivity contribution in [3.05, 3.63) is 0 Å². The van der Waals surface area contributed by atoms with Gasteiger partial charge in [-0.3, -0.25) is 0 Å². The first-order chi connectivity index (χ1) is 9.23. The Labute approximate surface area is 122 Å². The third kappa shape index (κ3) is 7.55. The van der Waals surface area contributed by atoms with Gasteiger partial charge in [-0.15, -0.1) is 0 Å². The van der Waals surface area contributed by atoms with Gasteiger partial charge in [0.25, 0.3) is 0 Å². The summed E-state index contributed by atoms with van der Waals surface area (Å²) in [7, 11) is 0. The minimum atomic E-state index is -0.500. The van der Waals surface area contributed by atoms with E-state index < -0.39 is 5.60 Å². The third-order valence-electron chi connectivity index (χ3n) is 3.83. The minimum Gasteiger partial charge on any atom is -0.396 e. The fraction of sp³-hybridized carbons (Fsp3) is 1.00. The van der Waals surface area contributed by atoms with Crippen LogP contribution in [0.3, 0.4) is 0 Å². The summed E-state index contributed by atoms with van der Waals surface area (Å²) in [6.07, 6.45) is -0.157. The first kappa shape index (κ1) is 19.8. The van der Waals surface area contributed by atoms with Crippen LogP contribution >= 0.6 is 0 Å². The lowest BCUT2D eigenvalue weighted by Gasteiger charge is -2.39. The van der Waals surface area contributed by atoms with Crippen molar-refractivity contribution in [1.82, 2.24) is 0 Å². The van der Waals surface area contributed by atoms with Crippen molar-refractivity contribution in [3.8, 4) is 0 Å². The van der Waals surface area contributed by atoms with Gasteiger partial charge >= 0.3 is 0 Å². The van der Waals surface area contributed by atoms with Gasteiger partial charge in [-0.1, -0.05) is 34.6 Å². The first-order valence-corrected chi connectivity index (χ1v) is 7.39. The van der Waals surface area contributed by atoms with Crippen molar-refractivity contribution in [2.45, 2.75) is 46.3 Å². The molecule has 122 valence electrons. The van der Waals surface area contributed by atoms with Crippen molar-refractivity contribution in [1.29, 1.82) is 0 Å². The lowest BCUT2D eigenvalue weighted by atomic mass is 9.89. The molecule has 0 aromatic carbocycles. The highest BCUT2D eigenvalue weighted by Gasteiger charge is 2.38. The normalized spacial score (nSPS) is 21.9. The molecular formula is C15H32O5. The van der Waals surface area contributed by atoms with E-state index in [9.17, 15) is 5.11 Å². The van der Waals surface area contributed by atoms with Gasteiger partial charge in [0.15, 0.2) is 0 Å². The van der Waals surface area contributed by atoms with Crippen molar-refractivity contribution in [3.63, 3.8) is 0 Å². The van der Waals surface area contributed by atoms with Gasteiger partial charge in [0.05, 0.1) is 26.4 Å². The molecule has 0 saturated carbocycles. The fourth-order valence-corrected chi connectivity index (χ4v) is 1.08. The lowest BCUT2D eigenvalue weighted by molar-refractivity contribution is -0.200. The van der Waals surface area contributed by atoms with Crippen molar-refractivity contribution in [2.24, 2.45) is 17.8 Å². The largest absolute Gasteiger partial charge is 0.396 e. The number of hydrogen-bond donors (Lipinski definition) is 3. The molecule has 0 bridgehead atoms. The molecule has 2 saturated heterocycles. The van der Waals surface area contributed by atoms with Crippen molar-refractivity contribution in [2.75, 3.05) is 33.0 Å². The molecule has 20 heavy (non-hydrogen) atoms. The summed E-state index contributed by atoms with van der Waals surface area (Å²) in [5.41, 5.74) is -0.500. The van der Waals surface area contributed by atoms with E-state index in [1.165, 1.54) is 0 Å². The molecule has 0 aromatic heterocycles. The number of aliphatic hydroxyl groups is 3. The number of aliphatic hydroxyl groups excluding tert-OH is 2. The molecule has 2 aliphatic rings. The average Bonchev–Trinajstić information content (AvgIpc) is 2.33. The second kappa shape index (κ2) is 9.68. The topological polar surface area (TPSA) is 79.2 Å². The predicted octanol–water partition coefficient (Wildman–Crippen LogP) is 1.05. The van der Waals surface area contributed by atoms with Gasteiger partial charge in [-0.05, 0) is 17.8 Å².